The fourth-order valence-corrected chi connectivity index (χ4v) is 3.68. The van der Waals surface area contributed by atoms with Gasteiger partial charge in [0.25, 0.3) is 5.91 Å². The Hall–Kier alpha value is -4.87. The zero-order chi connectivity index (χ0) is 27.4. The molecular formula is C26H30N8O4. The van der Waals surface area contributed by atoms with Gasteiger partial charge in [-0.3, -0.25) is 4.79 Å². The van der Waals surface area contributed by atoms with Crippen LogP contribution in [-0.4, -0.2) is 63.4 Å². The standard InChI is InChI=1S/C26H30N8O4/c1-26(2,3)38-25(37)33-14-13-18(15-33)16-5-9-20(10-6-16)30-24(36)34-22(27)31-23(32-34)29-19-11-7-17(8-12-19)21(35)28-4/h5-13H,14-15H2,1-4H3,(H,28,35)(H,30,36)(H3,27,29,31,32). The molecule has 4 rings (SSSR count). The van der Waals surface area contributed by atoms with Crippen LogP contribution in [0.25, 0.3) is 5.57 Å². The summed E-state index contributed by atoms with van der Waals surface area (Å²) in [6.45, 7) is 6.42. The minimum absolute atomic E-state index is 0.0954. The van der Waals surface area contributed by atoms with Crippen molar-refractivity contribution < 1.29 is 19.1 Å². The van der Waals surface area contributed by atoms with E-state index >= 15 is 0 Å². The van der Waals surface area contributed by atoms with Gasteiger partial charge >= 0.3 is 12.1 Å². The Labute approximate surface area is 219 Å². The third-order valence-electron chi connectivity index (χ3n) is 5.53. The molecule has 198 valence electrons. The van der Waals surface area contributed by atoms with Crippen LogP contribution in [0.1, 0.15) is 36.7 Å². The third kappa shape index (κ3) is 6.27. The second-order valence-electron chi connectivity index (χ2n) is 9.58. The highest BCUT2D eigenvalue weighted by Gasteiger charge is 2.25. The highest BCUT2D eigenvalue weighted by molar-refractivity contribution is 5.94. The van der Waals surface area contributed by atoms with Crippen molar-refractivity contribution in [1.29, 1.82) is 0 Å². The molecule has 0 atom stereocenters. The van der Waals surface area contributed by atoms with Gasteiger partial charge in [-0.1, -0.05) is 18.2 Å². The summed E-state index contributed by atoms with van der Waals surface area (Å²) in [5, 5.41) is 12.4. The van der Waals surface area contributed by atoms with E-state index in [4.69, 9.17) is 10.5 Å². The Morgan fingerprint density at radius 3 is 2.29 bits per heavy atom. The van der Waals surface area contributed by atoms with Gasteiger partial charge in [0, 0.05) is 37.1 Å². The minimum atomic E-state index is -0.582. The van der Waals surface area contributed by atoms with Crippen LogP contribution in [0.4, 0.5) is 32.9 Å². The van der Waals surface area contributed by atoms with Gasteiger partial charge in [-0.05, 0) is 68.3 Å². The smallest absolute Gasteiger partial charge is 0.410 e. The molecule has 5 N–H and O–H groups in total. The fourth-order valence-electron chi connectivity index (χ4n) is 3.68. The van der Waals surface area contributed by atoms with Gasteiger partial charge in [0.05, 0.1) is 0 Å². The van der Waals surface area contributed by atoms with Crippen molar-refractivity contribution in [3.63, 3.8) is 0 Å². The molecule has 0 saturated carbocycles. The lowest BCUT2D eigenvalue weighted by molar-refractivity contribution is 0.0306. The van der Waals surface area contributed by atoms with Gasteiger partial charge in [-0.25, -0.2) is 9.59 Å². The molecule has 2 heterocycles. The molecule has 12 heteroatoms. The second-order valence-corrected chi connectivity index (χ2v) is 9.58. The number of amides is 3. The average molecular weight is 519 g/mol. The zero-order valence-corrected chi connectivity index (χ0v) is 21.6. The summed E-state index contributed by atoms with van der Waals surface area (Å²) in [5.41, 5.74) is 8.94. The Kier molecular flexibility index (Phi) is 7.33. The summed E-state index contributed by atoms with van der Waals surface area (Å²) >= 11 is 0. The number of nitrogens with zero attached hydrogens (tertiary/aromatic N) is 4. The molecule has 1 aromatic heterocycles. The van der Waals surface area contributed by atoms with Crippen molar-refractivity contribution in [1.82, 2.24) is 25.0 Å². The monoisotopic (exact) mass is 518 g/mol. The number of nitrogens with one attached hydrogen (secondary N) is 3. The Bertz CT molecular complexity index is 1370. The Morgan fingerprint density at radius 2 is 1.66 bits per heavy atom. The molecule has 0 unspecified atom stereocenters. The van der Waals surface area contributed by atoms with Crippen molar-refractivity contribution >= 4 is 46.9 Å². The molecule has 38 heavy (non-hydrogen) atoms. The lowest BCUT2D eigenvalue weighted by Crippen LogP contribution is -2.35. The van der Waals surface area contributed by atoms with Crippen LogP contribution in [0.3, 0.4) is 0 Å². The first-order valence-electron chi connectivity index (χ1n) is 11.9. The largest absolute Gasteiger partial charge is 0.444 e. The molecular weight excluding hydrogens is 488 g/mol. The number of aromatic nitrogens is 3. The van der Waals surface area contributed by atoms with E-state index in [-0.39, 0.29) is 23.9 Å². The van der Waals surface area contributed by atoms with E-state index in [1.54, 1.807) is 48.3 Å². The predicted molar refractivity (Wildman–Crippen MR) is 144 cm³/mol. The molecule has 0 saturated heterocycles. The lowest BCUT2D eigenvalue weighted by atomic mass is 10.1. The molecule has 12 nitrogen and oxygen atoms in total. The van der Waals surface area contributed by atoms with E-state index in [1.165, 1.54) is 0 Å². The van der Waals surface area contributed by atoms with Gasteiger partial charge in [0.1, 0.15) is 5.60 Å². The van der Waals surface area contributed by atoms with Crippen molar-refractivity contribution in [2.75, 3.05) is 36.5 Å². The highest BCUT2D eigenvalue weighted by atomic mass is 16.6. The number of nitrogen functional groups attached to an aromatic ring is 1. The van der Waals surface area contributed by atoms with Crippen LogP contribution in [0.5, 0.6) is 0 Å². The first kappa shape index (κ1) is 26.2. The van der Waals surface area contributed by atoms with E-state index in [0.29, 0.717) is 30.0 Å². The lowest BCUT2D eigenvalue weighted by Gasteiger charge is -2.24. The Balaban J connectivity index is 1.35. The summed E-state index contributed by atoms with van der Waals surface area (Å²) in [7, 11) is 1.56. The van der Waals surface area contributed by atoms with E-state index in [0.717, 1.165) is 15.8 Å². The van der Waals surface area contributed by atoms with E-state index in [9.17, 15) is 14.4 Å². The molecule has 3 amide bonds. The number of carbonyl (C=O) groups excluding carboxylic acids is 3. The molecule has 0 spiro atoms. The van der Waals surface area contributed by atoms with Gasteiger partial charge in [0.15, 0.2) is 0 Å². The van der Waals surface area contributed by atoms with Gasteiger partial charge in [-0.15, -0.1) is 9.78 Å². The number of hydrogen-bond donors (Lipinski definition) is 4. The van der Waals surface area contributed by atoms with Crippen LogP contribution in [0.2, 0.25) is 0 Å². The fraction of sp³-hybridized carbons (Fsp3) is 0.269. The van der Waals surface area contributed by atoms with E-state index < -0.39 is 11.6 Å². The molecule has 0 aliphatic carbocycles. The van der Waals surface area contributed by atoms with Crippen molar-refractivity contribution in [2.24, 2.45) is 0 Å². The maximum atomic E-state index is 12.8. The molecule has 3 aromatic rings. The van der Waals surface area contributed by atoms with Crippen LogP contribution in [0, 0.1) is 0 Å². The van der Waals surface area contributed by atoms with Crippen LogP contribution >= 0.6 is 0 Å². The normalized spacial score (nSPS) is 13.1. The number of carbonyl (C=O) groups is 3. The maximum Gasteiger partial charge on any atom is 0.410 e. The number of nitrogens with two attached hydrogens (primary N) is 1. The minimum Gasteiger partial charge on any atom is -0.444 e. The average Bonchev–Trinajstić information content (AvgIpc) is 3.51. The van der Waals surface area contributed by atoms with Gasteiger partial charge in [-0.2, -0.15) is 4.98 Å². The molecule has 0 fully saturated rings. The number of ether oxygens (including phenoxy) is 1. The van der Waals surface area contributed by atoms with Crippen molar-refractivity contribution in [2.45, 2.75) is 26.4 Å². The topological polar surface area (TPSA) is 156 Å². The third-order valence-corrected chi connectivity index (χ3v) is 5.53. The first-order chi connectivity index (χ1) is 18.0. The quantitative estimate of drug-likeness (QED) is 0.398. The summed E-state index contributed by atoms with van der Waals surface area (Å²) < 4.78 is 6.39. The van der Waals surface area contributed by atoms with Crippen LogP contribution in [0.15, 0.2) is 54.6 Å². The predicted octanol–water partition coefficient (Wildman–Crippen LogP) is 3.68. The highest BCUT2D eigenvalue weighted by Crippen LogP contribution is 2.24. The summed E-state index contributed by atoms with van der Waals surface area (Å²) in [6, 6.07) is 13.3. The zero-order valence-electron chi connectivity index (χ0n) is 21.6. The summed E-state index contributed by atoms with van der Waals surface area (Å²) in [5.74, 6) is -0.166. The Morgan fingerprint density at radius 1 is 1.00 bits per heavy atom. The van der Waals surface area contributed by atoms with Gasteiger partial charge in [0.2, 0.25) is 11.9 Å². The van der Waals surface area contributed by atoms with E-state index in [2.05, 4.69) is 26.0 Å². The number of anilines is 4. The maximum absolute atomic E-state index is 12.8. The number of hydrogen-bond acceptors (Lipinski definition) is 8. The van der Waals surface area contributed by atoms with Gasteiger partial charge < -0.3 is 31.3 Å². The second kappa shape index (κ2) is 10.6. The van der Waals surface area contributed by atoms with Crippen molar-refractivity contribution in [3.05, 3.63) is 65.7 Å². The molecule has 0 radical (unpaired) electrons. The molecule has 1 aliphatic heterocycles. The molecule has 1 aliphatic rings. The first-order valence-corrected chi connectivity index (χ1v) is 11.9. The van der Waals surface area contributed by atoms with E-state index in [1.807, 2.05) is 39.0 Å². The number of rotatable bonds is 5. The summed E-state index contributed by atoms with van der Waals surface area (Å²) in [6.07, 6.45) is 1.63. The van der Waals surface area contributed by atoms with Crippen LogP contribution < -0.4 is 21.7 Å². The SMILES string of the molecule is CNC(=O)c1ccc(Nc2nc(N)n(C(=O)Nc3ccc(C4=CCN(C(=O)OC(C)(C)C)C4)cc3)n2)cc1. The summed E-state index contributed by atoms with van der Waals surface area (Å²) in [4.78, 5) is 42.5. The molecule has 0 bridgehead atoms. The van der Waals surface area contributed by atoms with Crippen LogP contribution in [-0.2, 0) is 4.74 Å². The number of benzene rings is 2. The van der Waals surface area contributed by atoms with Crippen molar-refractivity contribution in [3.8, 4) is 0 Å². The molecule has 2 aromatic carbocycles.